The Morgan fingerprint density at radius 2 is 1.72 bits per heavy atom. The zero-order chi connectivity index (χ0) is 13.4. The molecule has 0 amide bonds. The minimum atomic E-state index is -0.00655. The van der Waals surface area contributed by atoms with Gasteiger partial charge in [-0.05, 0) is 17.3 Å². The van der Waals surface area contributed by atoms with Crippen LogP contribution in [0.25, 0.3) is 0 Å². The topological polar surface area (TPSA) is 17.1 Å². The van der Waals surface area contributed by atoms with E-state index >= 15 is 0 Å². The highest BCUT2D eigenvalue weighted by atomic mass is 16.1. The first kappa shape index (κ1) is 13.1. The van der Waals surface area contributed by atoms with E-state index in [0.29, 0.717) is 0 Å². The van der Waals surface area contributed by atoms with Gasteiger partial charge in [0.25, 0.3) is 0 Å². The second-order valence-electron chi connectivity index (χ2n) is 6.72. The summed E-state index contributed by atoms with van der Waals surface area (Å²) in [7, 11) is 0. The van der Waals surface area contributed by atoms with Gasteiger partial charge in [-0.2, -0.15) is 0 Å². The fourth-order valence-electron chi connectivity index (χ4n) is 3.18. The SMILES string of the molecule is CC1(C)C=CC(C(=O)c2ccccc2)C(C)(C)C1. The molecule has 1 aromatic rings. The van der Waals surface area contributed by atoms with Gasteiger partial charge in [-0.15, -0.1) is 0 Å². The number of carbonyl (C=O) groups excluding carboxylic acids is 1. The summed E-state index contributed by atoms with van der Waals surface area (Å²) in [6.45, 7) is 8.86. The van der Waals surface area contributed by atoms with E-state index in [9.17, 15) is 4.79 Å². The predicted octanol–water partition coefficient (Wildman–Crippen LogP) is 4.50. The van der Waals surface area contributed by atoms with Gasteiger partial charge in [0.1, 0.15) is 0 Å². The third kappa shape index (κ3) is 2.55. The Hall–Kier alpha value is -1.37. The molecular formula is C17H22O. The lowest BCUT2D eigenvalue weighted by Crippen LogP contribution is -2.37. The zero-order valence-electron chi connectivity index (χ0n) is 11.7. The zero-order valence-corrected chi connectivity index (χ0v) is 11.7. The van der Waals surface area contributed by atoms with Gasteiger partial charge in [0.15, 0.2) is 5.78 Å². The molecule has 0 radical (unpaired) electrons. The molecule has 0 saturated carbocycles. The molecule has 0 saturated heterocycles. The molecule has 1 atom stereocenters. The van der Waals surface area contributed by atoms with Gasteiger partial charge in [0, 0.05) is 11.5 Å². The van der Waals surface area contributed by atoms with Crippen molar-refractivity contribution in [2.24, 2.45) is 16.7 Å². The Labute approximate surface area is 110 Å². The summed E-state index contributed by atoms with van der Waals surface area (Å²) in [6, 6.07) is 9.62. The molecule has 1 unspecified atom stereocenters. The Morgan fingerprint density at radius 1 is 1.11 bits per heavy atom. The molecule has 1 aromatic carbocycles. The summed E-state index contributed by atoms with van der Waals surface area (Å²) in [5.41, 5.74) is 1.03. The fraction of sp³-hybridized carbons (Fsp3) is 0.471. The smallest absolute Gasteiger partial charge is 0.170 e. The molecule has 1 heteroatoms. The number of rotatable bonds is 2. The van der Waals surface area contributed by atoms with Crippen molar-refractivity contribution < 1.29 is 4.79 Å². The van der Waals surface area contributed by atoms with Crippen molar-refractivity contribution in [2.75, 3.05) is 0 Å². The third-order valence-electron chi connectivity index (χ3n) is 3.83. The molecule has 18 heavy (non-hydrogen) atoms. The molecule has 0 bridgehead atoms. The van der Waals surface area contributed by atoms with Crippen LogP contribution in [0.3, 0.4) is 0 Å². The number of carbonyl (C=O) groups is 1. The van der Waals surface area contributed by atoms with Crippen LogP contribution >= 0.6 is 0 Å². The Kier molecular flexibility index (Phi) is 3.18. The van der Waals surface area contributed by atoms with Crippen LogP contribution in [-0.2, 0) is 0 Å². The maximum absolute atomic E-state index is 12.6. The number of ketones is 1. The van der Waals surface area contributed by atoms with Gasteiger partial charge in [-0.1, -0.05) is 70.2 Å². The van der Waals surface area contributed by atoms with Crippen molar-refractivity contribution in [2.45, 2.75) is 34.1 Å². The summed E-state index contributed by atoms with van der Waals surface area (Å²) in [5.74, 6) is 0.236. The Balaban J connectivity index is 2.32. The highest BCUT2D eigenvalue weighted by Gasteiger charge is 2.40. The second-order valence-corrected chi connectivity index (χ2v) is 6.72. The molecule has 0 N–H and O–H groups in total. The average molecular weight is 242 g/mol. The first-order valence-electron chi connectivity index (χ1n) is 6.60. The van der Waals surface area contributed by atoms with Crippen molar-refractivity contribution >= 4 is 5.78 Å². The summed E-state index contributed by atoms with van der Waals surface area (Å²) >= 11 is 0. The maximum Gasteiger partial charge on any atom is 0.170 e. The van der Waals surface area contributed by atoms with E-state index in [1.165, 1.54) is 0 Å². The molecule has 0 aromatic heterocycles. The normalized spacial score (nSPS) is 24.8. The van der Waals surface area contributed by atoms with Crippen molar-refractivity contribution in [3.63, 3.8) is 0 Å². The minimum absolute atomic E-state index is 0.00655. The number of hydrogen-bond donors (Lipinski definition) is 0. The van der Waals surface area contributed by atoms with E-state index < -0.39 is 0 Å². The van der Waals surface area contributed by atoms with Crippen molar-refractivity contribution in [3.8, 4) is 0 Å². The summed E-state index contributed by atoms with van der Waals surface area (Å²) in [4.78, 5) is 12.6. The van der Waals surface area contributed by atoms with E-state index in [-0.39, 0.29) is 22.5 Å². The first-order chi connectivity index (χ1) is 8.32. The molecule has 0 aliphatic heterocycles. The monoisotopic (exact) mass is 242 g/mol. The number of allylic oxidation sites excluding steroid dienone is 2. The van der Waals surface area contributed by atoms with Gasteiger partial charge in [-0.3, -0.25) is 4.79 Å². The van der Waals surface area contributed by atoms with Gasteiger partial charge >= 0.3 is 0 Å². The van der Waals surface area contributed by atoms with Gasteiger partial charge in [0.05, 0.1) is 0 Å². The second kappa shape index (κ2) is 4.38. The van der Waals surface area contributed by atoms with Gasteiger partial charge in [0.2, 0.25) is 0 Å². The lowest BCUT2D eigenvalue weighted by molar-refractivity contribution is 0.0778. The molecule has 0 fully saturated rings. The largest absolute Gasteiger partial charge is 0.293 e. The fourth-order valence-corrected chi connectivity index (χ4v) is 3.18. The standard InChI is InChI=1S/C17H22O/c1-16(2)11-10-14(17(3,4)12-16)15(18)13-8-6-5-7-9-13/h5-11,14H,12H2,1-4H3. The van der Waals surface area contributed by atoms with Crippen LogP contribution in [0.15, 0.2) is 42.5 Å². The maximum atomic E-state index is 12.6. The van der Waals surface area contributed by atoms with Crippen LogP contribution in [-0.4, -0.2) is 5.78 Å². The third-order valence-corrected chi connectivity index (χ3v) is 3.83. The number of hydrogen-bond acceptors (Lipinski definition) is 1. The highest BCUT2D eigenvalue weighted by molar-refractivity contribution is 5.99. The summed E-state index contributed by atoms with van der Waals surface area (Å²) < 4.78 is 0. The number of benzene rings is 1. The molecule has 1 aliphatic rings. The van der Waals surface area contributed by atoms with Crippen LogP contribution < -0.4 is 0 Å². The average Bonchev–Trinajstić information content (AvgIpc) is 2.27. The van der Waals surface area contributed by atoms with Crippen molar-refractivity contribution in [1.82, 2.24) is 0 Å². The summed E-state index contributed by atoms with van der Waals surface area (Å²) in [5, 5.41) is 0. The molecular weight excluding hydrogens is 220 g/mol. The Bertz CT molecular complexity index is 466. The molecule has 2 rings (SSSR count). The highest BCUT2D eigenvalue weighted by Crippen LogP contribution is 2.46. The van der Waals surface area contributed by atoms with Crippen LogP contribution in [0.5, 0.6) is 0 Å². The van der Waals surface area contributed by atoms with E-state index in [2.05, 4.69) is 39.8 Å². The van der Waals surface area contributed by atoms with Crippen LogP contribution in [0, 0.1) is 16.7 Å². The molecule has 96 valence electrons. The van der Waals surface area contributed by atoms with Crippen molar-refractivity contribution in [3.05, 3.63) is 48.0 Å². The summed E-state index contributed by atoms with van der Waals surface area (Å²) in [6.07, 6.45) is 5.35. The van der Waals surface area contributed by atoms with Crippen LogP contribution in [0.4, 0.5) is 0 Å². The first-order valence-corrected chi connectivity index (χ1v) is 6.60. The van der Waals surface area contributed by atoms with E-state index in [1.807, 2.05) is 30.3 Å². The van der Waals surface area contributed by atoms with E-state index in [1.54, 1.807) is 0 Å². The number of Topliss-reactive ketones (excluding diaryl/α,β-unsaturated/α-hetero) is 1. The van der Waals surface area contributed by atoms with Crippen molar-refractivity contribution in [1.29, 1.82) is 0 Å². The quantitative estimate of drug-likeness (QED) is 0.551. The lowest BCUT2D eigenvalue weighted by Gasteiger charge is -2.41. The molecule has 1 aliphatic carbocycles. The molecule has 0 heterocycles. The van der Waals surface area contributed by atoms with E-state index in [0.717, 1.165) is 12.0 Å². The van der Waals surface area contributed by atoms with Gasteiger partial charge in [-0.25, -0.2) is 0 Å². The molecule has 0 spiro atoms. The van der Waals surface area contributed by atoms with Gasteiger partial charge < -0.3 is 0 Å². The Morgan fingerprint density at radius 3 is 2.28 bits per heavy atom. The lowest BCUT2D eigenvalue weighted by atomic mass is 9.62. The predicted molar refractivity (Wildman–Crippen MR) is 75.6 cm³/mol. The van der Waals surface area contributed by atoms with Crippen LogP contribution in [0.1, 0.15) is 44.5 Å². The minimum Gasteiger partial charge on any atom is -0.293 e. The van der Waals surface area contributed by atoms with Crippen LogP contribution in [0.2, 0.25) is 0 Å². The molecule has 1 nitrogen and oxygen atoms in total. The van der Waals surface area contributed by atoms with E-state index in [4.69, 9.17) is 0 Å².